The zero-order valence-corrected chi connectivity index (χ0v) is 16.5. The van der Waals surface area contributed by atoms with Crippen LogP contribution >= 0.6 is 22.9 Å². The van der Waals surface area contributed by atoms with Crippen LogP contribution in [0.15, 0.2) is 53.6 Å². The molecule has 0 saturated carbocycles. The van der Waals surface area contributed by atoms with Gasteiger partial charge in [0.2, 0.25) is 0 Å². The summed E-state index contributed by atoms with van der Waals surface area (Å²) >= 11 is 7.18. The van der Waals surface area contributed by atoms with Crippen molar-refractivity contribution in [3.8, 4) is 0 Å². The number of benzene rings is 2. The molecular formula is C18H14ClFN2O3S2. The van der Waals surface area contributed by atoms with Gasteiger partial charge in [0, 0.05) is 29.3 Å². The van der Waals surface area contributed by atoms with Crippen molar-refractivity contribution >= 4 is 43.8 Å². The second-order valence-corrected chi connectivity index (χ2v) is 9.31. The van der Waals surface area contributed by atoms with Crippen LogP contribution < -0.4 is 5.32 Å². The van der Waals surface area contributed by atoms with Crippen molar-refractivity contribution in [1.82, 2.24) is 4.98 Å². The number of carbonyl (C=O) groups excluding carboxylic acids is 1. The van der Waals surface area contributed by atoms with Crippen LogP contribution in [0.1, 0.15) is 20.8 Å². The molecule has 140 valence electrons. The molecule has 0 radical (unpaired) electrons. The van der Waals surface area contributed by atoms with Crippen LogP contribution in [0, 0.1) is 5.82 Å². The quantitative estimate of drug-likeness (QED) is 0.666. The van der Waals surface area contributed by atoms with Crippen molar-refractivity contribution in [3.05, 3.63) is 75.5 Å². The van der Waals surface area contributed by atoms with Gasteiger partial charge in [-0.1, -0.05) is 23.7 Å². The molecule has 1 aromatic heterocycles. The standard InChI is InChI=1S/C18H14ClFN2O3S2/c1-27(24,25)16-9-12(4-7-15(16)19)17(23)22-18-21-10-14(26-18)8-11-2-5-13(20)6-3-11/h2-7,9-10H,8H2,1H3,(H,21,22,23). The number of carbonyl (C=O) groups is 1. The molecule has 0 aliphatic carbocycles. The van der Waals surface area contributed by atoms with Gasteiger partial charge in [-0.25, -0.2) is 17.8 Å². The maximum atomic E-state index is 13.0. The third kappa shape index (κ3) is 4.91. The molecule has 0 aliphatic rings. The topological polar surface area (TPSA) is 76.1 Å². The number of sulfone groups is 1. The number of rotatable bonds is 5. The van der Waals surface area contributed by atoms with Crippen LogP contribution in [0.2, 0.25) is 5.02 Å². The molecule has 0 fully saturated rings. The van der Waals surface area contributed by atoms with Crippen LogP contribution in [-0.4, -0.2) is 25.6 Å². The fraction of sp³-hybridized carbons (Fsp3) is 0.111. The van der Waals surface area contributed by atoms with Crippen molar-refractivity contribution < 1.29 is 17.6 Å². The number of amides is 1. The molecular weight excluding hydrogens is 411 g/mol. The number of halogens is 2. The predicted octanol–water partition coefficient (Wildman–Crippen LogP) is 4.18. The van der Waals surface area contributed by atoms with Crippen molar-refractivity contribution in [3.63, 3.8) is 0 Å². The Morgan fingerprint density at radius 1 is 1.22 bits per heavy atom. The van der Waals surface area contributed by atoms with Crippen LogP contribution in [-0.2, 0) is 16.3 Å². The van der Waals surface area contributed by atoms with Crippen molar-refractivity contribution in [1.29, 1.82) is 0 Å². The molecule has 1 heterocycles. The predicted molar refractivity (Wildman–Crippen MR) is 104 cm³/mol. The Morgan fingerprint density at radius 2 is 1.93 bits per heavy atom. The lowest BCUT2D eigenvalue weighted by Gasteiger charge is -2.06. The van der Waals surface area contributed by atoms with Gasteiger partial charge >= 0.3 is 0 Å². The Bertz CT molecular complexity index is 1100. The number of hydrogen-bond donors (Lipinski definition) is 1. The van der Waals surface area contributed by atoms with E-state index in [4.69, 9.17) is 11.6 Å². The first-order chi connectivity index (χ1) is 12.7. The highest BCUT2D eigenvalue weighted by atomic mass is 35.5. The minimum atomic E-state index is -3.55. The monoisotopic (exact) mass is 424 g/mol. The van der Waals surface area contributed by atoms with Gasteiger partial charge in [-0.15, -0.1) is 11.3 Å². The molecule has 3 rings (SSSR count). The van der Waals surface area contributed by atoms with Crippen LogP contribution in [0.25, 0.3) is 0 Å². The van der Waals surface area contributed by atoms with Crippen LogP contribution in [0.5, 0.6) is 0 Å². The summed E-state index contributed by atoms with van der Waals surface area (Å²) in [4.78, 5) is 17.3. The second kappa shape index (κ2) is 7.75. The third-order valence-corrected chi connectivity index (χ3v) is 6.15. The van der Waals surface area contributed by atoms with Crippen LogP contribution in [0.3, 0.4) is 0 Å². The van der Waals surface area contributed by atoms with Gasteiger partial charge in [-0.05, 0) is 35.9 Å². The Balaban J connectivity index is 1.73. The normalized spacial score (nSPS) is 11.4. The summed E-state index contributed by atoms with van der Waals surface area (Å²) in [6.45, 7) is 0. The zero-order valence-electron chi connectivity index (χ0n) is 14.1. The number of anilines is 1. The fourth-order valence-corrected chi connectivity index (χ4v) is 4.49. The lowest BCUT2D eigenvalue weighted by molar-refractivity contribution is 0.102. The highest BCUT2D eigenvalue weighted by Gasteiger charge is 2.16. The van der Waals surface area contributed by atoms with Gasteiger partial charge in [0.05, 0.1) is 9.92 Å². The van der Waals surface area contributed by atoms with Gasteiger partial charge in [0.25, 0.3) is 5.91 Å². The van der Waals surface area contributed by atoms with E-state index in [0.717, 1.165) is 16.7 Å². The van der Waals surface area contributed by atoms with Crippen molar-refractivity contribution in [2.75, 3.05) is 11.6 Å². The smallest absolute Gasteiger partial charge is 0.257 e. The second-order valence-electron chi connectivity index (χ2n) is 5.81. The molecule has 2 aromatic carbocycles. The van der Waals surface area contributed by atoms with Crippen molar-refractivity contribution in [2.24, 2.45) is 0 Å². The van der Waals surface area contributed by atoms with Gasteiger partial charge in [-0.3, -0.25) is 10.1 Å². The molecule has 1 N–H and O–H groups in total. The number of thiazole rings is 1. The van der Waals surface area contributed by atoms with E-state index in [9.17, 15) is 17.6 Å². The van der Waals surface area contributed by atoms with E-state index in [0.29, 0.717) is 11.6 Å². The number of hydrogen-bond acceptors (Lipinski definition) is 5. The molecule has 1 amide bonds. The van der Waals surface area contributed by atoms with Gasteiger partial charge in [-0.2, -0.15) is 0 Å². The summed E-state index contributed by atoms with van der Waals surface area (Å²) in [5, 5.41) is 3.08. The van der Waals surface area contributed by atoms with Gasteiger partial charge < -0.3 is 0 Å². The van der Waals surface area contributed by atoms with E-state index in [1.165, 1.54) is 41.7 Å². The highest BCUT2D eigenvalue weighted by molar-refractivity contribution is 7.90. The van der Waals surface area contributed by atoms with Crippen molar-refractivity contribution in [2.45, 2.75) is 11.3 Å². The maximum Gasteiger partial charge on any atom is 0.257 e. The maximum absolute atomic E-state index is 13.0. The van der Waals surface area contributed by atoms with E-state index < -0.39 is 15.7 Å². The summed E-state index contributed by atoms with van der Waals surface area (Å²) in [6.07, 6.45) is 3.22. The first-order valence-corrected chi connectivity index (χ1v) is 10.8. The Kier molecular flexibility index (Phi) is 5.59. The molecule has 0 atom stereocenters. The lowest BCUT2D eigenvalue weighted by Crippen LogP contribution is -2.12. The van der Waals surface area contributed by atoms with E-state index >= 15 is 0 Å². The summed E-state index contributed by atoms with van der Waals surface area (Å²) in [7, 11) is -3.55. The minimum absolute atomic E-state index is 0.0601. The molecule has 0 bridgehead atoms. The molecule has 3 aromatic rings. The summed E-state index contributed by atoms with van der Waals surface area (Å²) in [5.74, 6) is -0.785. The zero-order chi connectivity index (χ0) is 19.6. The molecule has 0 unspecified atom stereocenters. The average Bonchev–Trinajstić information content (AvgIpc) is 3.03. The van der Waals surface area contributed by atoms with E-state index in [1.807, 2.05) is 0 Å². The number of nitrogens with zero attached hydrogens (tertiary/aromatic N) is 1. The molecule has 0 aliphatic heterocycles. The molecule has 5 nitrogen and oxygen atoms in total. The molecule has 0 spiro atoms. The fourth-order valence-electron chi connectivity index (χ4n) is 2.35. The summed E-state index contributed by atoms with van der Waals surface area (Å²) in [5.41, 5.74) is 1.09. The highest BCUT2D eigenvalue weighted by Crippen LogP contribution is 2.25. The first-order valence-electron chi connectivity index (χ1n) is 7.72. The largest absolute Gasteiger partial charge is 0.298 e. The Labute approximate surface area is 164 Å². The van der Waals surface area contributed by atoms with Crippen LogP contribution in [0.4, 0.5) is 9.52 Å². The first kappa shape index (κ1) is 19.5. The molecule has 9 heteroatoms. The van der Waals surface area contributed by atoms with E-state index in [1.54, 1.807) is 18.3 Å². The SMILES string of the molecule is CS(=O)(=O)c1cc(C(=O)Nc2ncc(Cc3ccc(F)cc3)s2)ccc1Cl. The Morgan fingerprint density at radius 3 is 2.59 bits per heavy atom. The lowest BCUT2D eigenvalue weighted by atomic mass is 10.1. The summed E-state index contributed by atoms with van der Waals surface area (Å²) < 4.78 is 36.4. The van der Waals surface area contributed by atoms with Gasteiger partial charge in [0.1, 0.15) is 5.82 Å². The Hall–Kier alpha value is -2.29. The summed E-state index contributed by atoms with van der Waals surface area (Å²) in [6, 6.07) is 10.2. The molecule has 27 heavy (non-hydrogen) atoms. The van der Waals surface area contributed by atoms with E-state index in [-0.39, 0.29) is 21.3 Å². The van der Waals surface area contributed by atoms with E-state index in [2.05, 4.69) is 10.3 Å². The number of nitrogens with one attached hydrogen (secondary N) is 1. The number of aromatic nitrogens is 1. The third-order valence-electron chi connectivity index (χ3n) is 3.66. The minimum Gasteiger partial charge on any atom is -0.298 e. The molecule has 0 saturated heterocycles. The average molecular weight is 425 g/mol. The van der Waals surface area contributed by atoms with Gasteiger partial charge in [0.15, 0.2) is 15.0 Å².